The molecule has 1 nitrogen and oxygen atoms in total. The lowest BCUT2D eigenvalue weighted by Crippen LogP contribution is -2.42. The normalized spacial score (nSPS) is 13.0. The average molecular weight is 296 g/mol. The Kier molecular flexibility index (Phi) is 4.79. The van der Waals surface area contributed by atoms with Gasteiger partial charge in [-0.15, -0.1) is 0 Å². The lowest BCUT2D eigenvalue weighted by Gasteiger charge is -2.28. The van der Waals surface area contributed by atoms with Crippen LogP contribution in [0.4, 0.5) is 0 Å². The van der Waals surface area contributed by atoms with Gasteiger partial charge in [0.25, 0.3) is 0 Å². The van der Waals surface area contributed by atoms with Gasteiger partial charge in [-0.3, -0.25) is 4.79 Å². The van der Waals surface area contributed by atoms with Gasteiger partial charge in [-0.05, 0) is 30.0 Å². The summed E-state index contributed by atoms with van der Waals surface area (Å²) in [4.78, 5) is 11.1. The third kappa shape index (κ3) is 3.51. The molecule has 0 aliphatic rings. The number of carbonyl (C=O) groups excluding carboxylic acids is 1. The lowest BCUT2D eigenvalue weighted by molar-refractivity contribution is 0.112. The minimum atomic E-state index is -1.46. The SMILES string of the molecule is Cc1c(C=O)cccc1C(C)C[Si](C)(C)c1ccccc1. The zero-order chi connectivity index (χ0) is 15.5. The van der Waals surface area contributed by atoms with Crippen LogP contribution < -0.4 is 5.19 Å². The van der Waals surface area contributed by atoms with Crippen LogP contribution in [0.2, 0.25) is 19.1 Å². The molecule has 1 unspecified atom stereocenters. The summed E-state index contributed by atoms with van der Waals surface area (Å²) in [5.74, 6) is 0.478. The van der Waals surface area contributed by atoms with Gasteiger partial charge in [0.15, 0.2) is 0 Å². The van der Waals surface area contributed by atoms with E-state index in [9.17, 15) is 4.79 Å². The van der Waals surface area contributed by atoms with Gasteiger partial charge in [-0.1, -0.05) is 73.7 Å². The molecule has 110 valence electrons. The molecular weight excluding hydrogens is 272 g/mol. The smallest absolute Gasteiger partial charge is 0.150 e. The van der Waals surface area contributed by atoms with E-state index >= 15 is 0 Å². The quantitative estimate of drug-likeness (QED) is 0.585. The maximum absolute atomic E-state index is 11.1. The third-order valence-electron chi connectivity index (χ3n) is 4.45. The summed E-state index contributed by atoms with van der Waals surface area (Å²) < 4.78 is 0. The minimum Gasteiger partial charge on any atom is -0.298 e. The zero-order valence-electron chi connectivity index (χ0n) is 13.4. The minimum absolute atomic E-state index is 0.478. The summed E-state index contributed by atoms with van der Waals surface area (Å²) in [7, 11) is -1.46. The Labute approximate surface area is 129 Å². The van der Waals surface area contributed by atoms with Crippen molar-refractivity contribution in [2.75, 3.05) is 0 Å². The second kappa shape index (κ2) is 6.40. The maximum atomic E-state index is 11.1. The van der Waals surface area contributed by atoms with Crippen molar-refractivity contribution in [3.63, 3.8) is 0 Å². The molecule has 0 saturated carbocycles. The van der Waals surface area contributed by atoms with Gasteiger partial charge in [0.1, 0.15) is 6.29 Å². The second-order valence-corrected chi connectivity index (χ2v) is 11.3. The molecule has 0 N–H and O–H groups in total. The van der Waals surface area contributed by atoms with Crippen LogP contribution in [-0.4, -0.2) is 14.4 Å². The first-order valence-corrected chi connectivity index (χ1v) is 10.8. The van der Waals surface area contributed by atoms with E-state index in [2.05, 4.69) is 63.3 Å². The molecule has 2 aromatic carbocycles. The van der Waals surface area contributed by atoms with E-state index in [1.807, 2.05) is 12.1 Å². The molecule has 0 aliphatic carbocycles. The van der Waals surface area contributed by atoms with Gasteiger partial charge in [0.05, 0.1) is 8.07 Å². The number of carbonyl (C=O) groups is 1. The van der Waals surface area contributed by atoms with Crippen LogP contribution >= 0.6 is 0 Å². The van der Waals surface area contributed by atoms with Crippen LogP contribution in [0.3, 0.4) is 0 Å². The highest BCUT2D eigenvalue weighted by molar-refractivity contribution is 6.89. The van der Waals surface area contributed by atoms with Crippen molar-refractivity contribution in [2.24, 2.45) is 0 Å². The number of hydrogen-bond donors (Lipinski definition) is 0. The van der Waals surface area contributed by atoms with Crippen LogP contribution in [0.25, 0.3) is 0 Å². The molecule has 0 aliphatic heterocycles. The first kappa shape index (κ1) is 15.7. The van der Waals surface area contributed by atoms with Gasteiger partial charge in [0, 0.05) is 5.56 Å². The van der Waals surface area contributed by atoms with Gasteiger partial charge in [-0.25, -0.2) is 0 Å². The Hall–Kier alpha value is -1.67. The highest BCUT2D eigenvalue weighted by atomic mass is 28.3. The van der Waals surface area contributed by atoms with Crippen LogP contribution in [0.1, 0.15) is 34.3 Å². The van der Waals surface area contributed by atoms with Crippen molar-refractivity contribution in [3.8, 4) is 0 Å². The Morgan fingerprint density at radius 1 is 1.05 bits per heavy atom. The van der Waals surface area contributed by atoms with Gasteiger partial charge in [0.2, 0.25) is 0 Å². The molecular formula is C19H24OSi. The van der Waals surface area contributed by atoms with E-state index in [-0.39, 0.29) is 0 Å². The number of aldehydes is 1. The second-order valence-electron chi connectivity index (χ2n) is 6.53. The summed E-state index contributed by atoms with van der Waals surface area (Å²) >= 11 is 0. The Bertz CT molecular complexity index is 617. The van der Waals surface area contributed by atoms with Gasteiger partial charge >= 0.3 is 0 Å². The molecule has 2 aromatic rings. The monoisotopic (exact) mass is 296 g/mol. The third-order valence-corrected chi connectivity index (χ3v) is 7.98. The highest BCUT2D eigenvalue weighted by Crippen LogP contribution is 2.29. The fraction of sp³-hybridized carbons (Fsp3) is 0.316. The fourth-order valence-corrected chi connectivity index (χ4v) is 6.30. The molecule has 0 amide bonds. The van der Waals surface area contributed by atoms with Crippen LogP contribution in [-0.2, 0) is 0 Å². The predicted molar refractivity (Wildman–Crippen MR) is 93.3 cm³/mol. The number of rotatable bonds is 5. The maximum Gasteiger partial charge on any atom is 0.150 e. The summed E-state index contributed by atoms with van der Waals surface area (Å²) in [6, 6.07) is 18.1. The van der Waals surface area contributed by atoms with E-state index in [0.717, 1.165) is 17.4 Å². The average Bonchev–Trinajstić information content (AvgIpc) is 2.48. The Morgan fingerprint density at radius 2 is 1.71 bits per heavy atom. The molecule has 21 heavy (non-hydrogen) atoms. The molecule has 0 aromatic heterocycles. The lowest BCUT2D eigenvalue weighted by atomic mass is 9.95. The van der Waals surface area contributed by atoms with Gasteiger partial charge in [-0.2, -0.15) is 0 Å². The molecule has 0 radical (unpaired) electrons. The zero-order valence-corrected chi connectivity index (χ0v) is 14.4. The van der Waals surface area contributed by atoms with Crippen molar-refractivity contribution < 1.29 is 4.79 Å². The highest BCUT2D eigenvalue weighted by Gasteiger charge is 2.27. The number of benzene rings is 2. The molecule has 2 heteroatoms. The van der Waals surface area contributed by atoms with Crippen LogP contribution in [0, 0.1) is 6.92 Å². The van der Waals surface area contributed by atoms with Gasteiger partial charge < -0.3 is 0 Å². The van der Waals surface area contributed by atoms with E-state index in [1.54, 1.807) is 0 Å². The molecule has 0 spiro atoms. The molecule has 1 atom stereocenters. The number of hydrogen-bond acceptors (Lipinski definition) is 1. The van der Waals surface area contributed by atoms with Crippen molar-refractivity contribution in [1.82, 2.24) is 0 Å². The summed E-state index contributed by atoms with van der Waals surface area (Å²) in [5.41, 5.74) is 3.27. The first-order chi connectivity index (χ1) is 9.95. The van der Waals surface area contributed by atoms with Crippen LogP contribution in [0.15, 0.2) is 48.5 Å². The Morgan fingerprint density at radius 3 is 2.33 bits per heavy atom. The van der Waals surface area contributed by atoms with E-state index in [0.29, 0.717) is 5.92 Å². The topological polar surface area (TPSA) is 17.1 Å². The van der Waals surface area contributed by atoms with Crippen molar-refractivity contribution in [1.29, 1.82) is 0 Å². The largest absolute Gasteiger partial charge is 0.298 e. The molecule has 0 fully saturated rings. The van der Waals surface area contributed by atoms with E-state index in [1.165, 1.54) is 16.8 Å². The molecule has 0 heterocycles. The van der Waals surface area contributed by atoms with E-state index < -0.39 is 8.07 Å². The van der Waals surface area contributed by atoms with Crippen LogP contribution in [0.5, 0.6) is 0 Å². The summed E-state index contributed by atoms with van der Waals surface area (Å²) in [6.07, 6.45) is 0.964. The molecule has 0 bridgehead atoms. The standard InChI is InChI=1S/C19H24OSi/c1-15(19-12-8-9-17(13-20)16(19)2)14-21(3,4)18-10-6-5-7-11-18/h5-13,15H,14H2,1-4H3. The summed E-state index contributed by atoms with van der Waals surface area (Å²) in [5, 5.41) is 1.50. The van der Waals surface area contributed by atoms with Crippen molar-refractivity contribution in [3.05, 3.63) is 65.2 Å². The van der Waals surface area contributed by atoms with Crippen molar-refractivity contribution >= 4 is 19.5 Å². The van der Waals surface area contributed by atoms with E-state index in [4.69, 9.17) is 0 Å². The Balaban J connectivity index is 2.26. The molecule has 2 rings (SSSR count). The van der Waals surface area contributed by atoms with Crippen molar-refractivity contribution in [2.45, 2.75) is 38.9 Å². The summed E-state index contributed by atoms with van der Waals surface area (Å²) in [6.45, 7) is 9.21. The predicted octanol–water partition coefficient (Wildman–Crippen LogP) is 4.53. The molecule has 0 saturated heterocycles. The first-order valence-electron chi connectivity index (χ1n) is 7.56. The fourth-order valence-electron chi connectivity index (χ4n) is 3.22.